The van der Waals surface area contributed by atoms with E-state index in [0.717, 1.165) is 11.1 Å². The molecule has 0 amide bonds. The van der Waals surface area contributed by atoms with Gasteiger partial charge in [-0.1, -0.05) is 49.6 Å². The van der Waals surface area contributed by atoms with Crippen molar-refractivity contribution in [2.24, 2.45) is 0 Å². The molecule has 0 saturated carbocycles. The number of benzene rings is 3. The molecule has 0 aliphatic carbocycles. The van der Waals surface area contributed by atoms with Gasteiger partial charge in [0.25, 0.3) is 0 Å². The van der Waals surface area contributed by atoms with Crippen molar-refractivity contribution in [3.63, 3.8) is 0 Å². The van der Waals surface area contributed by atoms with Crippen LogP contribution in [0.2, 0.25) is 0 Å². The summed E-state index contributed by atoms with van der Waals surface area (Å²) in [6.45, 7) is 10.2. The maximum Gasteiger partial charge on any atom is 0.338 e. The Kier molecular flexibility index (Phi) is 6.46. The molecule has 31 heavy (non-hydrogen) atoms. The maximum atomic E-state index is 14.6. The molecule has 0 spiro atoms. The molecule has 3 aromatic rings. The minimum Gasteiger partial charge on any atom is -0.423 e. The molecule has 0 aromatic heterocycles. The molecule has 0 radical (unpaired) electrons. The van der Waals surface area contributed by atoms with E-state index >= 15 is 0 Å². The third-order valence-electron chi connectivity index (χ3n) is 4.44. The van der Waals surface area contributed by atoms with Crippen LogP contribution in [0.4, 0.5) is 4.39 Å². The van der Waals surface area contributed by atoms with E-state index in [4.69, 9.17) is 9.47 Å². The molecule has 0 unspecified atom stereocenters. The van der Waals surface area contributed by atoms with Gasteiger partial charge in [0.2, 0.25) is 0 Å². The van der Waals surface area contributed by atoms with E-state index in [1.165, 1.54) is 19.1 Å². The highest BCUT2D eigenvalue weighted by molar-refractivity contribution is 5.89. The average Bonchev–Trinajstić information content (AvgIpc) is 2.74. The normalized spacial score (nSPS) is 10.3. The number of hydrogen-bond acceptors (Lipinski definition) is 4. The van der Waals surface area contributed by atoms with Crippen molar-refractivity contribution in [1.82, 2.24) is 0 Å². The second-order valence-corrected chi connectivity index (χ2v) is 7.08. The lowest BCUT2D eigenvalue weighted by molar-refractivity contribution is -0.130. The fourth-order valence-corrected chi connectivity index (χ4v) is 2.74. The van der Waals surface area contributed by atoms with Crippen molar-refractivity contribution in [2.45, 2.75) is 13.8 Å². The minimum absolute atomic E-state index is 0.123. The quantitative estimate of drug-likeness (QED) is 0.276. The molecule has 3 rings (SSSR count). The van der Waals surface area contributed by atoms with Crippen molar-refractivity contribution in [1.29, 1.82) is 0 Å². The van der Waals surface area contributed by atoms with E-state index in [0.29, 0.717) is 22.4 Å². The van der Waals surface area contributed by atoms with Gasteiger partial charge in [0, 0.05) is 22.8 Å². The van der Waals surface area contributed by atoms with E-state index < -0.39 is 17.8 Å². The zero-order valence-electron chi connectivity index (χ0n) is 17.3. The van der Waals surface area contributed by atoms with Crippen LogP contribution in [0.5, 0.6) is 11.5 Å². The monoisotopic (exact) mass is 416 g/mol. The van der Waals surface area contributed by atoms with Crippen LogP contribution in [-0.4, -0.2) is 11.9 Å². The Hall–Kier alpha value is -3.99. The van der Waals surface area contributed by atoms with Crippen LogP contribution in [0.1, 0.15) is 13.8 Å². The van der Waals surface area contributed by atoms with Crippen LogP contribution in [0, 0.1) is 5.82 Å². The van der Waals surface area contributed by atoms with Gasteiger partial charge >= 0.3 is 11.9 Å². The molecule has 0 aliphatic heterocycles. The number of carbonyl (C=O) groups is 2. The third kappa shape index (κ3) is 5.34. The first-order valence-corrected chi connectivity index (χ1v) is 9.50. The van der Waals surface area contributed by atoms with Gasteiger partial charge in [-0.25, -0.2) is 14.0 Å². The summed E-state index contributed by atoms with van der Waals surface area (Å²) in [6, 6.07) is 18.7. The Bertz CT molecular complexity index is 1160. The summed E-state index contributed by atoms with van der Waals surface area (Å²) < 4.78 is 24.8. The summed E-state index contributed by atoms with van der Waals surface area (Å²) in [6.07, 6.45) is 0. The van der Waals surface area contributed by atoms with Gasteiger partial charge in [-0.2, -0.15) is 0 Å². The zero-order chi connectivity index (χ0) is 22.5. The first-order chi connectivity index (χ1) is 14.7. The van der Waals surface area contributed by atoms with Crippen molar-refractivity contribution in [3.05, 3.63) is 96.9 Å². The molecule has 0 saturated heterocycles. The number of hydrogen-bond donors (Lipinski definition) is 0. The Labute approximate surface area is 180 Å². The molecular weight excluding hydrogens is 395 g/mol. The van der Waals surface area contributed by atoms with Crippen molar-refractivity contribution >= 4 is 11.9 Å². The summed E-state index contributed by atoms with van der Waals surface area (Å²) in [5.74, 6) is -1.01. The number of ether oxygens (including phenoxy) is 2. The standard InChI is InChI=1S/C26H21FO4/c1-16(2)25(28)30-21-11-9-19(10-12-21)18-5-7-20(8-6-18)23-14-13-22(15-24(23)27)31-26(29)17(3)4/h5-15H,1,3H2,2,4H3. The van der Waals surface area contributed by atoms with Crippen molar-refractivity contribution in [2.75, 3.05) is 0 Å². The fraction of sp³-hybridized carbons (Fsp3) is 0.0769. The molecule has 0 N–H and O–H groups in total. The SMILES string of the molecule is C=C(C)C(=O)Oc1ccc(-c2ccc(-c3ccc(OC(=O)C(=C)C)cc3F)cc2)cc1. The maximum absolute atomic E-state index is 14.6. The highest BCUT2D eigenvalue weighted by Gasteiger charge is 2.11. The Morgan fingerprint density at radius 2 is 1.10 bits per heavy atom. The molecule has 0 heterocycles. The second-order valence-electron chi connectivity index (χ2n) is 7.08. The van der Waals surface area contributed by atoms with E-state index in [9.17, 15) is 14.0 Å². The van der Waals surface area contributed by atoms with Gasteiger partial charge in [0.1, 0.15) is 17.3 Å². The predicted octanol–water partition coefficient (Wildman–Crippen LogP) is 6.12. The summed E-state index contributed by atoms with van der Waals surface area (Å²) in [4.78, 5) is 23.2. The van der Waals surface area contributed by atoms with Crippen LogP contribution >= 0.6 is 0 Å². The lowest BCUT2D eigenvalue weighted by atomic mass is 10.00. The summed E-state index contributed by atoms with van der Waals surface area (Å²) >= 11 is 0. The average molecular weight is 416 g/mol. The highest BCUT2D eigenvalue weighted by atomic mass is 19.1. The molecule has 0 atom stereocenters. The molecular formula is C26H21FO4. The minimum atomic E-state index is -0.600. The lowest BCUT2D eigenvalue weighted by Crippen LogP contribution is -2.08. The molecule has 5 heteroatoms. The Balaban J connectivity index is 1.75. The fourth-order valence-electron chi connectivity index (χ4n) is 2.74. The van der Waals surface area contributed by atoms with Gasteiger partial charge in [-0.05, 0) is 54.8 Å². The Morgan fingerprint density at radius 1 is 0.677 bits per heavy atom. The van der Waals surface area contributed by atoms with Gasteiger partial charge < -0.3 is 9.47 Å². The van der Waals surface area contributed by atoms with Gasteiger partial charge in [0.05, 0.1) is 0 Å². The number of carbonyl (C=O) groups excluding carboxylic acids is 2. The molecule has 156 valence electrons. The first-order valence-electron chi connectivity index (χ1n) is 9.50. The van der Waals surface area contributed by atoms with Crippen LogP contribution in [0.3, 0.4) is 0 Å². The summed E-state index contributed by atoms with van der Waals surface area (Å²) in [5.41, 5.74) is 3.49. The van der Waals surface area contributed by atoms with Crippen LogP contribution in [0.25, 0.3) is 22.3 Å². The largest absolute Gasteiger partial charge is 0.423 e. The van der Waals surface area contributed by atoms with Crippen LogP contribution in [-0.2, 0) is 9.59 Å². The van der Waals surface area contributed by atoms with E-state index in [1.54, 1.807) is 25.1 Å². The Morgan fingerprint density at radius 3 is 1.58 bits per heavy atom. The zero-order valence-corrected chi connectivity index (χ0v) is 17.3. The summed E-state index contributed by atoms with van der Waals surface area (Å²) in [7, 11) is 0. The molecule has 0 aliphatic rings. The van der Waals surface area contributed by atoms with E-state index in [1.807, 2.05) is 36.4 Å². The molecule has 3 aromatic carbocycles. The number of halogens is 1. The van der Waals surface area contributed by atoms with Crippen molar-refractivity contribution in [3.8, 4) is 33.8 Å². The van der Waals surface area contributed by atoms with Gasteiger partial charge in [-0.15, -0.1) is 0 Å². The van der Waals surface area contributed by atoms with Crippen molar-refractivity contribution < 1.29 is 23.5 Å². The van der Waals surface area contributed by atoms with Gasteiger partial charge in [-0.3, -0.25) is 0 Å². The highest BCUT2D eigenvalue weighted by Crippen LogP contribution is 2.29. The van der Waals surface area contributed by atoms with E-state index in [2.05, 4.69) is 13.2 Å². The number of esters is 2. The molecule has 0 bridgehead atoms. The van der Waals surface area contributed by atoms with Crippen LogP contribution in [0.15, 0.2) is 91.0 Å². The lowest BCUT2D eigenvalue weighted by Gasteiger charge is -2.09. The van der Waals surface area contributed by atoms with Crippen LogP contribution < -0.4 is 9.47 Å². The number of rotatable bonds is 6. The predicted molar refractivity (Wildman–Crippen MR) is 118 cm³/mol. The van der Waals surface area contributed by atoms with E-state index in [-0.39, 0.29) is 11.3 Å². The first kappa shape index (κ1) is 21.7. The molecule has 0 fully saturated rings. The second kappa shape index (κ2) is 9.22. The van der Waals surface area contributed by atoms with Gasteiger partial charge in [0.15, 0.2) is 0 Å². The smallest absolute Gasteiger partial charge is 0.338 e. The topological polar surface area (TPSA) is 52.6 Å². The third-order valence-corrected chi connectivity index (χ3v) is 4.44. The molecule has 4 nitrogen and oxygen atoms in total. The summed E-state index contributed by atoms with van der Waals surface area (Å²) in [5, 5.41) is 0.